The molecule has 0 fully saturated rings. The normalized spacial score (nSPS) is 10.2. The van der Waals surface area contributed by atoms with Crippen LogP contribution in [0.5, 0.6) is 0 Å². The van der Waals surface area contributed by atoms with Gasteiger partial charge in [-0.2, -0.15) is 0 Å². The largest absolute Gasteiger partial charge is 1.00 e. The Labute approximate surface area is 129 Å². The van der Waals surface area contributed by atoms with Crippen molar-refractivity contribution in [2.45, 2.75) is 19.4 Å². The number of quaternary nitrogens is 1. The molecule has 0 aliphatic heterocycles. The summed E-state index contributed by atoms with van der Waals surface area (Å²) < 4.78 is 9.74. The van der Waals surface area contributed by atoms with Crippen LogP contribution in [0.3, 0.4) is 0 Å². The number of Topliss-reactive ketones (excluding diaryl/α,β-unsaturated/α-hetero) is 1. The van der Waals surface area contributed by atoms with Crippen molar-refractivity contribution in [1.29, 1.82) is 0 Å². The molecule has 0 saturated carbocycles. The van der Waals surface area contributed by atoms with Gasteiger partial charge in [0.2, 0.25) is 11.3 Å². The van der Waals surface area contributed by atoms with Gasteiger partial charge in [0.15, 0.2) is 13.2 Å². The topological polar surface area (TPSA) is 97.3 Å². The highest BCUT2D eigenvalue weighted by Gasteiger charge is 2.41. The standard InChI is InChI=1S/C14H17NO5.ClH/c1-10(16)19-8-14(15,9-20-11(2)17)13(18)12-6-4-3-5-7-12;/h3-7H,8-9,15H2,1-2H3;1H. The first-order chi connectivity index (χ1) is 9.35. The fourth-order valence-electron chi connectivity index (χ4n) is 1.55. The van der Waals surface area contributed by atoms with Gasteiger partial charge in [-0.25, -0.2) is 0 Å². The highest BCUT2D eigenvalue weighted by atomic mass is 35.5. The molecule has 0 aromatic heterocycles. The molecule has 0 amide bonds. The van der Waals surface area contributed by atoms with Gasteiger partial charge < -0.3 is 27.6 Å². The molecule has 0 spiro atoms. The van der Waals surface area contributed by atoms with Gasteiger partial charge in [-0.05, 0) is 0 Å². The minimum Gasteiger partial charge on any atom is -1.00 e. The smallest absolute Gasteiger partial charge is 0.302 e. The second kappa shape index (κ2) is 8.39. The molecule has 0 unspecified atom stereocenters. The van der Waals surface area contributed by atoms with Crippen LogP contribution < -0.4 is 18.1 Å². The van der Waals surface area contributed by atoms with Crippen LogP contribution in [0.2, 0.25) is 0 Å². The Morgan fingerprint density at radius 3 is 1.81 bits per heavy atom. The van der Waals surface area contributed by atoms with Crippen LogP contribution in [0, 0.1) is 0 Å². The highest BCUT2D eigenvalue weighted by Crippen LogP contribution is 2.11. The summed E-state index contributed by atoms with van der Waals surface area (Å²) in [5, 5.41) is 0. The van der Waals surface area contributed by atoms with E-state index in [0.717, 1.165) is 0 Å². The molecular formula is C14H18ClNO5. The second-order valence-corrected chi connectivity index (χ2v) is 4.54. The van der Waals surface area contributed by atoms with Crippen molar-refractivity contribution in [3.8, 4) is 0 Å². The molecule has 7 heteroatoms. The van der Waals surface area contributed by atoms with E-state index in [1.54, 1.807) is 30.3 Å². The molecule has 0 saturated heterocycles. The van der Waals surface area contributed by atoms with Crippen LogP contribution in [0.4, 0.5) is 0 Å². The zero-order valence-electron chi connectivity index (χ0n) is 11.9. The summed E-state index contributed by atoms with van der Waals surface area (Å²) >= 11 is 0. The first-order valence-corrected chi connectivity index (χ1v) is 6.07. The molecule has 1 aromatic carbocycles. The quantitative estimate of drug-likeness (QED) is 0.445. The number of rotatable bonds is 6. The molecule has 116 valence electrons. The van der Waals surface area contributed by atoms with Gasteiger partial charge >= 0.3 is 11.9 Å². The lowest BCUT2D eigenvalue weighted by atomic mass is 9.91. The third-order valence-electron chi connectivity index (χ3n) is 2.62. The summed E-state index contributed by atoms with van der Waals surface area (Å²) in [6.07, 6.45) is 0. The Hall–Kier alpha value is -1.92. The molecule has 0 radical (unpaired) electrons. The van der Waals surface area contributed by atoms with Crippen molar-refractivity contribution in [3.05, 3.63) is 35.9 Å². The van der Waals surface area contributed by atoms with Crippen LogP contribution in [0.1, 0.15) is 24.2 Å². The fraction of sp³-hybridized carbons (Fsp3) is 0.357. The Morgan fingerprint density at radius 1 is 1.00 bits per heavy atom. The van der Waals surface area contributed by atoms with E-state index in [-0.39, 0.29) is 31.4 Å². The van der Waals surface area contributed by atoms with E-state index in [0.29, 0.717) is 5.56 Å². The summed E-state index contributed by atoms with van der Waals surface area (Å²) in [6.45, 7) is 1.98. The van der Waals surface area contributed by atoms with E-state index in [2.05, 4.69) is 5.73 Å². The average molecular weight is 316 g/mol. The Morgan fingerprint density at radius 2 is 1.43 bits per heavy atom. The zero-order chi connectivity index (χ0) is 15.2. The first-order valence-electron chi connectivity index (χ1n) is 6.07. The molecule has 0 aliphatic carbocycles. The van der Waals surface area contributed by atoms with Crippen molar-refractivity contribution in [3.63, 3.8) is 0 Å². The lowest BCUT2D eigenvalue weighted by Crippen LogP contribution is -3.00. The van der Waals surface area contributed by atoms with Crippen molar-refractivity contribution in [2.24, 2.45) is 0 Å². The van der Waals surface area contributed by atoms with Crippen molar-refractivity contribution < 1.29 is 42.0 Å². The number of halogens is 1. The SMILES string of the molecule is CC(=O)OCC([NH3+])(COC(C)=O)C(=O)c1ccccc1.[Cl-]. The molecule has 0 aliphatic rings. The average Bonchev–Trinajstić information content (AvgIpc) is 2.43. The lowest BCUT2D eigenvalue weighted by Gasteiger charge is -2.23. The lowest BCUT2D eigenvalue weighted by molar-refractivity contribution is -0.464. The minimum atomic E-state index is -1.35. The zero-order valence-corrected chi connectivity index (χ0v) is 12.7. The maximum Gasteiger partial charge on any atom is 0.302 e. The summed E-state index contributed by atoms with van der Waals surface area (Å²) in [7, 11) is 0. The molecule has 21 heavy (non-hydrogen) atoms. The van der Waals surface area contributed by atoms with Gasteiger partial charge in [0, 0.05) is 19.4 Å². The molecule has 0 bridgehead atoms. The van der Waals surface area contributed by atoms with Crippen molar-refractivity contribution >= 4 is 17.7 Å². The van der Waals surface area contributed by atoms with Crippen LogP contribution >= 0.6 is 0 Å². The van der Waals surface area contributed by atoms with E-state index in [4.69, 9.17) is 9.47 Å². The minimum absolute atomic E-state index is 0. The Balaban J connectivity index is 0.00000400. The number of hydrogen-bond donors (Lipinski definition) is 1. The number of carbonyl (C=O) groups excluding carboxylic acids is 3. The molecular weight excluding hydrogens is 298 g/mol. The number of hydrogen-bond acceptors (Lipinski definition) is 5. The van der Waals surface area contributed by atoms with Crippen LogP contribution in [0.25, 0.3) is 0 Å². The monoisotopic (exact) mass is 315 g/mol. The van der Waals surface area contributed by atoms with E-state index < -0.39 is 17.5 Å². The van der Waals surface area contributed by atoms with Crippen LogP contribution in [0.15, 0.2) is 30.3 Å². The number of ketones is 1. The van der Waals surface area contributed by atoms with E-state index in [9.17, 15) is 14.4 Å². The molecule has 0 heterocycles. The number of ether oxygens (including phenoxy) is 2. The van der Waals surface area contributed by atoms with Gasteiger partial charge in [0.05, 0.1) is 0 Å². The fourth-order valence-corrected chi connectivity index (χ4v) is 1.55. The molecule has 6 nitrogen and oxygen atoms in total. The second-order valence-electron chi connectivity index (χ2n) is 4.54. The van der Waals surface area contributed by atoms with E-state index in [1.807, 2.05) is 0 Å². The van der Waals surface area contributed by atoms with Gasteiger partial charge in [-0.3, -0.25) is 14.4 Å². The molecule has 1 aromatic rings. The predicted octanol–water partition coefficient (Wildman–Crippen LogP) is -3.02. The third-order valence-corrected chi connectivity index (χ3v) is 2.62. The maximum atomic E-state index is 12.4. The number of carbonyl (C=O) groups is 3. The maximum absolute atomic E-state index is 12.4. The van der Waals surface area contributed by atoms with Crippen LogP contribution in [-0.2, 0) is 19.1 Å². The molecule has 1 rings (SSSR count). The summed E-state index contributed by atoms with van der Waals surface area (Å²) in [4.78, 5) is 34.3. The van der Waals surface area contributed by atoms with Gasteiger partial charge in [-0.1, -0.05) is 30.3 Å². The molecule has 0 atom stereocenters. The third kappa shape index (κ3) is 5.93. The van der Waals surface area contributed by atoms with E-state index in [1.165, 1.54) is 13.8 Å². The Bertz CT molecular complexity index is 485. The van der Waals surface area contributed by atoms with Gasteiger partial charge in [0.1, 0.15) is 0 Å². The van der Waals surface area contributed by atoms with E-state index >= 15 is 0 Å². The first kappa shape index (κ1) is 19.1. The number of benzene rings is 1. The number of esters is 2. The highest BCUT2D eigenvalue weighted by molar-refractivity contribution is 6.02. The molecule has 3 N–H and O–H groups in total. The summed E-state index contributed by atoms with van der Waals surface area (Å²) in [6, 6.07) is 8.46. The predicted molar refractivity (Wildman–Crippen MR) is 69.7 cm³/mol. The van der Waals surface area contributed by atoms with Gasteiger partial charge in [0.25, 0.3) is 0 Å². The summed E-state index contributed by atoms with van der Waals surface area (Å²) in [5.74, 6) is -1.40. The van der Waals surface area contributed by atoms with Gasteiger partial charge in [-0.15, -0.1) is 0 Å². The van der Waals surface area contributed by atoms with Crippen molar-refractivity contribution in [2.75, 3.05) is 13.2 Å². The van der Waals surface area contributed by atoms with Crippen molar-refractivity contribution in [1.82, 2.24) is 0 Å². The summed E-state index contributed by atoms with van der Waals surface area (Å²) in [5.41, 5.74) is 2.86. The Kier molecular flexibility index (Phi) is 7.62. The van der Waals surface area contributed by atoms with Crippen LogP contribution in [-0.4, -0.2) is 36.5 Å².